The quantitative estimate of drug-likeness (QED) is 0.737. The minimum absolute atomic E-state index is 0.155. The number of amides is 1. The van der Waals surface area contributed by atoms with E-state index in [2.05, 4.69) is 14.9 Å². The van der Waals surface area contributed by atoms with Gasteiger partial charge >= 0.3 is 0 Å². The van der Waals surface area contributed by atoms with E-state index in [1.807, 2.05) is 30.5 Å². The normalized spacial score (nSPS) is 10.4. The molecule has 3 rings (SSSR count). The SMILES string of the molecule is N#Cc1cccc(C(=O)NCCCn2ccc3cccnc32)c1. The molecule has 1 N–H and O–H groups in total. The Hall–Kier alpha value is -3.13. The second-order valence-corrected chi connectivity index (χ2v) is 5.23. The predicted molar refractivity (Wildman–Crippen MR) is 87.8 cm³/mol. The fraction of sp³-hybridized carbons (Fsp3) is 0.167. The van der Waals surface area contributed by atoms with E-state index < -0.39 is 0 Å². The summed E-state index contributed by atoms with van der Waals surface area (Å²) in [6.07, 6.45) is 4.60. The fourth-order valence-corrected chi connectivity index (χ4v) is 2.48. The molecule has 1 aromatic carbocycles. The first-order valence-electron chi connectivity index (χ1n) is 7.46. The Morgan fingerprint density at radius 1 is 1.26 bits per heavy atom. The van der Waals surface area contributed by atoms with Crippen LogP contribution in [0.1, 0.15) is 22.3 Å². The van der Waals surface area contributed by atoms with Gasteiger partial charge in [-0.15, -0.1) is 0 Å². The third-order valence-corrected chi connectivity index (χ3v) is 3.64. The summed E-state index contributed by atoms with van der Waals surface area (Å²) in [5.41, 5.74) is 1.96. The van der Waals surface area contributed by atoms with Crippen molar-refractivity contribution < 1.29 is 4.79 Å². The summed E-state index contributed by atoms with van der Waals surface area (Å²) in [5, 5.41) is 12.9. The number of pyridine rings is 1. The number of aromatic nitrogens is 2. The number of hydrogen-bond acceptors (Lipinski definition) is 3. The van der Waals surface area contributed by atoms with Crippen molar-refractivity contribution in [2.75, 3.05) is 6.54 Å². The molecule has 0 aliphatic heterocycles. The van der Waals surface area contributed by atoms with Crippen LogP contribution in [-0.2, 0) is 6.54 Å². The second-order valence-electron chi connectivity index (χ2n) is 5.23. The van der Waals surface area contributed by atoms with E-state index >= 15 is 0 Å². The Morgan fingerprint density at radius 3 is 3.04 bits per heavy atom. The summed E-state index contributed by atoms with van der Waals surface area (Å²) in [5.74, 6) is -0.155. The topological polar surface area (TPSA) is 70.7 Å². The summed E-state index contributed by atoms with van der Waals surface area (Å²) in [6.45, 7) is 1.36. The van der Waals surface area contributed by atoms with Gasteiger partial charge in [-0.3, -0.25) is 4.79 Å². The van der Waals surface area contributed by atoms with Crippen molar-refractivity contribution >= 4 is 16.9 Å². The van der Waals surface area contributed by atoms with Crippen LogP contribution in [0.15, 0.2) is 54.9 Å². The molecule has 2 heterocycles. The average Bonchev–Trinajstić information content (AvgIpc) is 3.02. The van der Waals surface area contributed by atoms with E-state index in [4.69, 9.17) is 5.26 Å². The first-order valence-corrected chi connectivity index (χ1v) is 7.46. The molecule has 114 valence electrons. The Morgan fingerprint density at radius 2 is 2.17 bits per heavy atom. The van der Waals surface area contributed by atoms with Crippen LogP contribution in [0.5, 0.6) is 0 Å². The van der Waals surface area contributed by atoms with E-state index in [9.17, 15) is 4.79 Å². The highest BCUT2D eigenvalue weighted by Crippen LogP contribution is 2.12. The molecule has 0 atom stereocenters. The molecule has 0 fully saturated rings. The molecule has 2 aromatic heterocycles. The van der Waals surface area contributed by atoms with Crippen molar-refractivity contribution in [3.8, 4) is 6.07 Å². The number of benzene rings is 1. The van der Waals surface area contributed by atoms with E-state index in [1.165, 1.54) is 0 Å². The molecule has 0 aliphatic rings. The number of carbonyl (C=O) groups is 1. The molecule has 0 radical (unpaired) electrons. The molecule has 0 aliphatic carbocycles. The van der Waals surface area contributed by atoms with Crippen LogP contribution in [0.4, 0.5) is 0 Å². The van der Waals surface area contributed by atoms with Gasteiger partial charge in [0.15, 0.2) is 0 Å². The molecule has 0 saturated carbocycles. The number of hydrogen-bond donors (Lipinski definition) is 1. The van der Waals surface area contributed by atoms with Crippen LogP contribution in [-0.4, -0.2) is 22.0 Å². The maximum atomic E-state index is 12.0. The zero-order valence-corrected chi connectivity index (χ0v) is 12.6. The van der Waals surface area contributed by atoms with Crippen molar-refractivity contribution in [2.24, 2.45) is 0 Å². The fourth-order valence-electron chi connectivity index (χ4n) is 2.48. The highest BCUT2D eigenvalue weighted by Gasteiger charge is 2.06. The van der Waals surface area contributed by atoms with Crippen molar-refractivity contribution in [3.63, 3.8) is 0 Å². The number of fused-ring (bicyclic) bond motifs is 1. The maximum absolute atomic E-state index is 12.0. The van der Waals surface area contributed by atoms with Gasteiger partial charge in [0.05, 0.1) is 11.6 Å². The zero-order chi connectivity index (χ0) is 16.1. The lowest BCUT2D eigenvalue weighted by Gasteiger charge is -2.07. The lowest BCUT2D eigenvalue weighted by atomic mass is 10.1. The van der Waals surface area contributed by atoms with E-state index in [1.54, 1.807) is 30.5 Å². The summed E-state index contributed by atoms with van der Waals surface area (Å²) in [7, 11) is 0. The van der Waals surface area contributed by atoms with Gasteiger partial charge in [-0.1, -0.05) is 6.07 Å². The monoisotopic (exact) mass is 304 g/mol. The first kappa shape index (κ1) is 14.8. The molecule has 0 unspecified atom stereocenters. The molecular weight excluding hydrogens is 288 g/mol. The maximum Gasteiger partial charge on any atom is 0.251 e. The highest BCUT2D eigenvalue weighted by molar-refractivity contribution is 5.94. The van der Waals surface area contributed by atoms with Crippen LogP contribution in [0, 0.1) is 11.3 Å². The first-order chi connectivity index (χ1) is 11.3. The lowest BCUT2D eigenvalue weighted by Crippen LogP contribution is -2.25. The largest absolute Gasteiger partial charge is 0.352 e. The number of nitriles is 1. The van der Waals surface area contributed by atoms with Crippen LogP contribution in [0.3, 0.4) is 0 Å². The highest BCUT2D eigenvalue weighted by atomic mass is 16.1. The van der Waals surface area contributed by atoms with E-state index in [-0.39, 0.29) is 5.91 Å². The van der Waals surface area contributed by atoms with Gasteiger partial charge in [-0.2, -0.15) is 5.26 Å². The molecule has 0 saturated heterocycles. The van der Waals surface area contributed by atoms with Crippen LogP contribution in [0.2, 0.25) is 0 Å². The summed E-state index contributed by atoms with van der Waals surface area (Å²) in [4.78, 5) is 16.4. The Kier molecular flexibility index (Phi) is 4.34. The van der Waals surface area contributed by atoms with Crippen molar-refractivity contribution in [2.45, 2.75) is 13.0 Å². The molecule has 0 bridgehead atoms. The summed E-state index contributed by atoms with van der Waals surface area (Å²) in [6, 6.07) is 14.7. The van der Waals surface area contributed by atoms with Crippen molar-refractivity contribution in [1.82, 2.24) is 14.9 Å². The van der Waals surface area contributed by atoms with Crippen molar-refractivity contribution in [1.29, 1.82) is 5.26 Å². The molecule has 5 nitrogen and oxygen atoms in total. The van der Waals surface area contributed by atoms with Gasteiger partial charge in [-0.25, -0.2) is 4.98 Å². The second kappa shape index (κ2) is 6.75. The molecule has 5 heteroatoms. The lowest BCUT2D eigenvalue weighted by molar-refractivity contribution is 0.0952. The van der Waals surface area contributed by atoms with Gasteiger partial charge in [-0.05, 0) is 42.8 Å². The molecule has 0 spiro atoms. The van der Waals surface area contributed by atoms with E-state index in [0.717, 1.165) is 24.0 Å². The molecular formula is C18H16N4O. The summed E-state index contributed by atoms with van der Waals surface area (Å²) < 4.78 is 2.08. The molecule has 1 amide bonds. The van der Waals surface area contributed by atoms with Gasteiger partial charge < -0.3 is 9.88 Å². The van der Waals surface area contributed by atoms with Crippen LogP contribution >= 0.6 is 0 Å². The van der Waals surface area contributed by atoms with E-state index in [0.29, 0.717) is 17.7 Å². The molecule has 23 heavy (non-hydrogen) atoms. The number of nitrogens with one attached hydrogen (secondary N) is 1. The summed E-state index contributed by atoms with van der Waals surface area (Å²) >= 11 is 0. The van der Waals surface area contributed by atoms with Gasteiger partial charge in [0, 0.05) is 36.4 Å². The average molecular weight is 304 g/mol. The van der Waals surface area contributed by atoms with Gasteiger partial charge in [0.25, 0.3) is 5.91 Å². The molecule has 3 aromatic rings. The van der Waals surface area contributed by atoms with Crippen LogP contribution in [0.25, 0.3) is 11.0 Å². The third-order valence-electron chi connectivity index (χ3n) is 3.64. The van der Waals surface area contributed by atoms with Crippen LogP contribution < -0.4 is 5.32 Å². The van der Waals surface area contributed by atoms with Crippen molar-refractivity contribution in [3.05, 3.63) is 66.0 Å². The Bertz CT molecular complexity index is 876. The number of nitrogens with zero attached hydrogens (tertiary/aromatic N) is 3. The smallest absolute Gasteiger partial charge is 0.251 e. The number of rotatable bonds is 5. The standard InChI is InChI=1S/C18H16N4O/c19-13-14-4-1-5-16(12-14)18(23)21-9-3-10-22-11-7-15-6-2-8-20-17(15)22/h1-2,4-8,11-12H,3,9-10H2,(H,21,23). The minimum Gasteiger partial charge on any atom is -0.352 e. The van der Waals surface area contributed by atoms with Gasteiger partial charge in [0.1, 0.15) is 5.65 Å². The number of carbonyl (C=O) groups excluding carboxylic acids is 1. The Balaban J connectivity index is 1.53. The van der Waals surface area contributed by atoms with Gasteiger partial charge in [0.2, 0.25) is 0 Å². The predicted octanol–water partition coefficient (Wildman–Crippen LogP) is 2.73. The Labute approximate surface area is 134 Å². The number of aryl methyl sites for hydroxylation is 1. The minimum atomic E-state index is -0.155. The third kappa shape index (κ3) is 3.38. The zero-order valence-electron chi connectivity index (χ0n) is 12.6.